The van der Waals surface area contributed by atoms with Gasteiger partial charge >= 0.3 is 5.97 Å². The molecule has 0 aliphatic heterocycles. The quantitative estimate of drug-likeness (QED) is 0.293. The van der Waals surface area contributed by atoms with Gasteiger partial charge < -0.3 is 10.1 Å². The van der Waals surface area contributed by atoms with E-state index in [0.29, 0.717) is 28.3 Å². The number of fused-ring (bicyclic) bond motifs is 1. The molecule has 6 heteroatoms. The van der Waals surface area contributed by atoms with Gasteiger partial charge in [-0.3, -0.25) is 9.78 Å². The Morgan fingerprint density at radius 1 is 1.27 bits per heavy atom. The molecule has 1 saturated carbocycles. The lowest BCUT2D eigenvalue weighted by Crippen LogP contribution is -2.20. The molecule has 37 heavy (non-hydrogen) atoms. The number of hydrogen-bond donors (Lipinski definition) is 2. The van der Waals surface area contributed by atoms with E-state index in [2.05, 4.69) is 42.5 Å². The van der Waals surface area contributed by atoms with Crippen molar-refractivity contribution < 1.29 is 14.3 Å². The number of carboxylic acid groups (broad SMARTS) is 1. The monoisotopic (exact) mass is 501 g/mol. The van der Waals surface area contributed by atoms with Gasteiger partial charge in [0.2, 0.25) is 0 Å². The summed E-state index contributed by atoms with van der Waals surface area (Å²) in [7, 11) is 0. The van der Waals surface area contributed by atoms with E-state index < -0.39 is 5.97 Å². The Hall–Kier alpha value is -3.54. The third-order valence-electron chi connectivity index (χ3n) is 7.80. The minimum absolute atomic E-state index is 0.250. The Bertz CT molecular complexity index is 1330. The van der Waals surface area contributed by atoms with Gasteiger partial charge in [-0.1, -0.05) is 50.3 Å². The summed E-state index contributed by atoms with van der Waals surface area (Å²) in [5.41, 5.74) is 4.55. The van der Waals surface area contributed by atoms with E-state index in [0.717, 1.165) is 48.9 Å². The molecule has 4 rings (SSSR count). The Kier molecular flexibility index (Phi) is 8.06. The number of pyridine rings is 1. The standard InChI is InChI=1S/C31H36FN3O2/c1-5-7-23-17-26-27(18-25(23)32)35-30(34-26)24-12-13-28(33-19-24)31(4,6-2)15-14-20(3)22-10-8-21(9-11-22)16-29(36)37/h5,7,12-15,17-19,21-22H,3,6,8-11,16H2,1-2,4H3,(H,34,35)(H,36,37). The molecule has 5 nitrogen and oxygen atoms in total. The molecule has 0 bridgehead atoms. The van der Waals surface area contributed by atoms with Gasteiger partial charge in [0.05, 0.1) is 16.7 Å². The molecule has 2 heterocycles. The zero-order valence-electron chi connectivity index (χ0n) is 21.9. The van der Waals surface area contributed by atoms with Crippen LogP contribution in [-0.4, -0.2) is 26.0 Å². The fourth-order valence-electron chi connectivity index (χ4n) is 5.16. The number of H-pyrrole nitrogens is 1. The highest BCUT2D eigenvalue weighted by Crippen LogP contribution is 2.36. The van der Waals surface area contributed by atoms with Gasteiger partial charge in [-0.2, -0.15) is 0 Å². The number of imidazole rings is 1. The van der Waals surface area contributed by atoms with Crippen LogP contribution in [0.5, 0.6) is 0 Å². The smallest absolute Gasteiger partial charge is 0.303 e. The van der Waals surface area contributed by atoms with Crippen molar-refractivity contribution in [3.8, 4) is 11.4 Å². The average Bonchev–Trinajstić information content (AvgIpc) is 3.30. The number of benzene rings is 1. The highest BCUT2D eigenvalue weighted by atomic mass is 19.1. The van der Waals surface area contributed by atoms with Crippen LogP contribution in [0.2, 0.25) is 0 Å². The van der Waals surface area contributed by atoms with Crippen LogP contribution in [0.15, 0.2) is 60.8 Å². The second-order valence-corrected chi connectivity index (χ2v) is 10.4. The van der Waals surface area contributed by atoms with Crippen LogP contribution >= 0.6 is 0 Å². The van der Waals surface area contributed by atoms with Gasteiger partial charge in [0.15, 0.2) is 0 Å². The molecule has 0 radical (unpaired) electrons. The number of aromatic nitrogens is 3. The van der Waals surface area contributed by atoms with Crippen molar-refractivity contribution in [1.82, 2.24) is 15.0 Å². The Morgan fingerprint density at radius 2 is 2.03 bits per heavy atom. The van der Waals surface area contributed by atoms with Crippen molar-refractivity contribution in [3.05, 3.63) is 77.9 Å². The predicted octanol–water partition coefficient (Wildman–Crippen LogP) is 7.86. The third-order valence-corrected chi connectivity index (χ3v) is 7.80. The highest BCUT2D eigenvalue weighted by Gasteiger charge is 2.26. The van der Waals surface area contributed by atoms with Crippen LogP contribution in [0.3, 0.4) is 0 Å². The molecule has 1 unspecified atom stereocenters. The van der Waals surface area contributed by atoms with Gasteiger partial charge in [0, 0.05) is 35.2 Å². The molecule has 1 fully saturated rings. The fraction of sp³-hybridized carbons (Fsp3) is 0.387. The van der Waals surface area contributed by atoms with Crippen molar-refractivity contribution in [3.63, 3.8) is 0 Å². The van der Waals surface area contributed by atoms with Crippen LogP contribution in [0.4, 0.5) is 4.39 Å². The molecule has 194 valence electrons. The van der Waals surface area contributed by atoms with E-state index in [9.17, 15) is 9.18 Å². The Balaban J connectivity index is 1.47. The lowest BCUT2D eigenvalue weighted by molar-refractivity contribution is -0.138. The minimum atomic E-state index is -0.702. The number of halogens is 1. The molecule has 0 spiro atoms. The molecular formula is C31H36FN3O2. The van der Waals surface area contributed by atoms with E-state index in [1.54, 1.807) is 12.1 Å². The van der Waals surface area contributed by atoms with E-state index in [1.165, 1.54) is 6.07 Å². The van der Waals surface area contributed by atoms with Gasteiger partial charge in [-0.05, 0) is 69.1 Å². The molecule has 1 atom stereocenters. The number of carboxylic acids is 1. The summed E-state index contributed by atoms with van der Waals surface area (Å²) in [5.74, 6) is 0.368. The minimum Gasteiger partial charge on any atom is -0.481 e. The van der Waals surface area contributed by atoms with Gasteiger partial charge in [0.25, 0.3) is 0 Å². The molecule has 1 aliphatic carbocycles. The first kappa shape index (κ1) is 26.5. The first-order valence-electron chi connectivity index (χ1n) is 13.1. The van der Waals surface area contributed by atoms with Crippen molar-refractivity contribution in [2.24, 2.45) is 11.8 Å². The highest BCUT2D eigenvalue weighted by molar-refractivity contribution is 5.82. The van der Waals surface area contributed by atoms with Gasteiger partial charge in [-0.15, -0.1) is 0 Å². The zero-order chi connectivity index (χ0) is 26.6. The van der Waals surface area contributed by atoms with Gasteiger partial charge in [0.1, 0.15) is 11.6 Å². The number of allylic oxidation sites excluding steroid dienone is 4. The molecule has 2 N–H and O–H groups in total. The number of rotatable bonds is 9. The van der Waals surface area contributed by atoms with Gasteiger partial charge in [-0.25, -0.2) is 9.37 Å². The van der Waals surface area contributed by atoms with E-state index in [1.807, 2.05) is 31.3 Å². The van der Waals surface area contributed by atoms with Crippen molar-refractivity contribution in [2.75, 3.05) is 0 Å². The maximum absolute atomic E-state index is 14.3. The number of aliphatic carboxylic acids is 1. The lowest BCUT2D eigenvalue weighted by atomic mass is 9.76. The normalized spacial score (nSPS) is 20.0. The summed E-state index contributed by atoms with van der Waals surface area (Å²) in [4.78, 5) is 23.6. The molecule has 0 saturated heterocycles. The SMILES string of the molecule is C=C(C=CC(C)(CC)c1ccc(-c2nc3cc(C=CC)c(F)cc3[nH]2)cn1)C1CCC(CC(=O)O)CC1. The average molecular weight is 502 g/mol. The van der Waals surface area contributed by atoms with Crippen LogP contribution in [0.1, 0.15) is 70.6 Å². The van der Waals surface area contributed by atoms with E-state index >= 15 is 0 Å². The summed E-state index contributed by atoms with van der Waals surface area (Å²) in [6, 6.07) is 7.26. The molecule has 1 aromatic carbocycles. The summed E-state index contributed by atoms with van der Waals surface area (Å²) in [6.45, 7) is 10.5. The number of carbonyl (C=O) groups is 1. The molecule has 2 aromatic heterocycles. The van der Waals surface area contributed by atoms with Crippen LogP contribution in [0.25, 0.3) is 28.5 Å². The molecule has 0 amide bonds. The fourth-order valence-corrected chi connectivity index (χ4v) is 5.16. The second-order valence-electron chi connectivity index (χ2n) is 10.4. The topological polar surface area (TPSA) is 78.9 Å². The molecule has 1 aliphatic rings. The number of nitrogens with one attached hydrogen (secondary N) is 1. The van der Waals surface area contributed by atoms with Crippen molar-refractivity contribution in [1.29, 1.82) is 0 Å². The lowest BCUT2D eigenvalue weighted by Gasteiger charge is -2.29. The van der Waals surface area contributed by atoms with E-state index in [-0.39, 0.29) is 23.6 Å². The molecular weight excluding hydrogens is 465 g/mol. The summed E-state index contributed by atoms with van der Waals surface area (Å²) < 4.78 is 14.3. The van der Waals surface area contributed by atoms with Crippen LogP contribution in [-0.2, 0) is 10.2 Å². The summed E-state index contributed by atoms with van der Waals surface area (Å²) in [6.07, 6.45) is 14.7. The van der Waals surface area contributed by atoms with Crippen LogP contribution in [0, 0.1) is 17.7 Å². The van der Waals surface area contributed by atoms with Crippen LogP contribution < -0.4 is 0 Å². The first-order chi connectivity index (χ1) is 17.7. The first-order valence-corrected chi connectivity index (χ1v) is 13.1. The largest absolute Gasteiger partial charge is 0.481 e. The summed E-state index contributed by atoms with van der Waals surface area (Å²) >= 11 is 0. The summed E-state index contributed by atoms with van der Waals surface area (Å²) in [5, 5.41) is 9.05. The van der Waals surface area contributed by atoms with E-state index in [4.69, 9.17) is 10.1 Å². The number of aromatic amines is 1. The zero-order valence-corrected chi connectivity index (χ0v) is 21.9. The Labute approximate surface area is 218 Å². The maximum Gasteiger partial charge on any atom is 0.303 e. The molecule has 3 aromatic rings. The predicted molar refractivity (Wildman–Crippen MR) is 148 cm³/mol. The number of hydrogen-bond acceptors (Lipinski definition) is 3. The third kappa shape index (κ3) is 6.07. The van der Waals surface area contributed by atoms with Crippen molar-refractivity contribution in [2.45, 2.75) is 64.7 Å². The van der Waals surface area contributed by atoms with Crippen molar-refractivity contribution >= 4 is 23.1 Å². The second kappa shape index (κ2) is 11.2. The number of nitrogens with zero attached hydrogens (tertiary/aromatic N) is 2. The Morgan fingerprint density at radius 3 is 2.65 bits per heavy atom. The maximum atomic E-state index is 14.3.